The van der Waals surface area contributed by atoms with E-state index >= 15 is 0 Å². The average Bonchev–Trinajstić information content (AvgIpc) is 2.50. The lowest BCUT2D eigenvalue weighted by molar-refractivity contribution is 0.866. The number of halogens is 1. The topological polar surface area (TPSA) is 34.9 Å². The highest BCUT2D eigenvalue weighted by Gasteiger charge is 2.11. The summed E-state index contributed by atoms with van der Waals surface area (Å²) in [6.07, 6.45) is 5.17. The quantitative estimate of drug-likeness (QED) is 0.704. The Labute approximate surface area is 134 Å². The first-order valence-corrected chi connectivity index (χ1v) is 7.60. The van der Waals surface area contributed by atoms with E-state index in [9.17, 15) is 4.79 Å². The Morgan fingerprint density at radius 1 is 1.18 bits per heavy atom. The maximum absolute atomic E-state index is 12.2. The second-order valence-corrected chi connectivity index (χ2v) is 6.18. The third-order valence-corrected chi connectivity index (χ3v) is 4.25. The van der Waals surface area contributed by atoms with Gasteiger partial charge in [0.2, 0.25) is 0 Å². The molecular weight excluding hydrogens is 296 g/mol. The number of hydrogen-bond donors (Lipinski definition) is 0. The number of rotatable bonds is 2. The van der Waals surface area contributed by atoms with Crippen LogP contribution in [0.4, 0.5) is 0 Å². The molecule has 0 amide bonds. The smallest absolute Gasteiger partial charge is 0.259 e. The number of fused-ring (bicyclic) bond motifs is 1. The van der Waals surface area contributed by atoms with E-state index in [1.807, 2.05) is 18.3 Å². The number of hydrogen-bond acceptors (Lipinski definition) is 2. The van der Waals surface area contributed by atoms with Crippen molar-refractivity contribution in [1.29, 1.82) is 0 Å². The van der Waals surface area contributed by atoms with Crippen molar-refractivity contribution < 1.29 is 0 Å². The molecule has 0 aliphatic carbocycles. The van der Waals surface area contributed by atoms with Crippen molar-refractivity contribution in [2.75, 3.05) is 0 Å². The molecule has 3 rings (SSSR count). The van der Waals surface area contributed by atoms with Crippen molar-refractivity contribution in [1.82, 2.24) is 9.55 Å². The molecule has 2 aromatic heterocycles. The molecule has 0 aliphatic rings. The lowest BCUT2D eigenvalue weighted by Gasteiger charge is -2.13. The molecule has 3 nitrogen and oxygen atoms in total. The normalized spacial score (nSPS) is 11.3. The third kappa shape index (κ3) is 2.42. The summed E-state index contributed by atoms with van der Waals surface area (Å²) >= 11 is 6.42. The molecule has 4 heteroatoms. The van der Waals surface area contributed by atoms with Crippen LogP contribution in [0.3, 0.4) is 0 Å². The molecule has 0 bridgehead atoms. The Bertz CT molecular complexity index is 913. The van der Waals surface area contributed by atoms with Crippen LogP contribution in [0.2, 0.25) is 5.02 Å². The van der Waals surface area contributed by atoms with Gasteiger partial charge in [0.25, 0.3) is 5.56 Å². The number of aryl methyl sites for hydroxylation is 1. The fourth-order valence-corrected chi connectivity index (χ4v) is 3.10. The molecule has 0 fully saturated rings. The Hall–Kier alpha value is -2.13. The summed E-state index contributed by atoms with van der Waals surface area (Å²) < 4.78 is 1.59. The average molecular weight is 313 g/mol. The Balaban J connectivity index is 2.29. The van der Waals surface area contributed by atoms with Gasteiger partial charge in [0.15, 0.2) is 0 Å². The highest BCUT2D eigenvalue weighted by Crippen LogP contribution is 2.32. The first kappa shape index (κ1) is 14.8. The van der Waals surface area contributed by atoms with E-state index in [0.29, 0.717) is 11.3 Å². The Kier molecular flexibility index (Phi) is 3.75. The molecule has 1 aromatic carbocycles. The molecule has 0 aliphatic heterocycles. The van der Waals surface area contributed by atoms with E-state index in [1.165, 1.54) is 0 Å². The predicted octanol–water partition coefficient (Wildman–Crippen LogP) is 4.38. The molecule has 0 saturated heterocycles. The van der Waals surface area contributed by atoms with Crippen molar-refractivity contribution in [2.45, 2.75) is 19.8 Å². The summed E-state index contributed by atoms with van der Waals surface area (Å²) in [6, 6.07) is 7.95. The molecule has 0 N–H and O–H groups in total. The van der Waals surface area contributed by atoms with Gasteiger partial charge in [0.1, 0.15) is 0 Å². The minimum atomic E-state index is -0.0447. The van der Waals surface area contributed by atoms with E-state index < -0.39 is 0 Å². The van der Waals surface area contributed by atoms with Gasteiger partial charge in [-0.15, -0.1) is 0 Å². The van der Waals surface area contributed by atoms with Crippen LogP contribution >= 0.6 is 11.6 Å². The standard InChI is InChI=1S/C18H17ClN2O/c1-11(2)13-5-4-12(8-17(13)19)16-10-21(3)18(22)15-9-20-7-6-14(15)16/h4-11H,1-3H3. The molecule has 3 aromatic rings. The molecule has 0 spiro atoms. The maximum Gasteiger partial charge on any atom is 0.259 e. The monoisotopic (exact) mass is 312 g/mol. The molecule has 0 radical (unpaired) electrons. The van der Waals surface area contributed by atoms with Gasteiger partial charge in [-0.2, -0.15) is 0 Å². The zero-order valence-electron chi connectivity index (χ0n) is 12.8. The number of pyridine rings is 2. The molecule has 2 heterocycles. The minimum absolute atomic E-state index is 0.0447. The van der Waals surface area contributed by atoms with Gasteiger partial charge in [0, 0.05) is 36.2 Å². The third-order valence-electron chi connectivity index (χ3n) is 3.92. The SMILES string of the molecule is CC(C)c1ccc(-c2cn(C)c(=O)c3cnccc23)cc1Cl. The van der Waals surface area contributed by atoms with Gasteiger partial charge in [0.05, 0.1) is 5.39 Å². The van der Waals surface area contributed by atoms with Crippen LogP contribution in [0.15, 0.2) is 47.7 Å². The summed E-state index contributed by atoms with van der Waals surface area (Å²) in [7, 11) is 1.75. The van der Waals surface area contributed by atoms with E-state index in [0.717, 1.165) is 27.1 Å². The van der Waals surface area contributed by atoms with E-state index in [2.05, 4.69) is 31.0 Å². The zero-order chi connectivity index (χ0) is 15.9. The van der Waals surface area contributed by atoms with Crippen molar-refractivity contribution in [2.24, 2.45) is 7.05 Å². The first-order chi connectivity index (χ1) is 10.5. The predicted molar refractivity (Wildman–Crippen MR) is 91.5 cm³/mol. The number of benzene rings is 1. The summed E-state index contributed by atoms with van der Waals surface area (Å²) in [6.45, 7) is 4.24. The van der Waals surface area contributed by atoms with Crippen LogP contribution < -0.4 is 5.56 Å². The molecule has 22 heavy (non-hydrogen) atoms. The van der Waals surface area contributed by atoms with Crippen molar-refractivity contribution in [3.63, 3.8) is 0 Å². The summed E-state index contributed by atoms with van der Waals surface area (Å²) in [4.78, 5) is 16.3. The fourth-order valence-electron chi connectivity index (χ4n) is 2.70. The maximum atomic E-state index is 12.2. The van der Waals surface area contributed by atoms with Crippen LogP contribution in [0, 0.1) is 0 Å². The summed E-state index contributed by atoms with van der Waals surface area (Å²) in [5.74, 6) is 0.377. The van der Waals surface area contributed by atoms with Crippen LogP contribution in [0.5, 0.6) is 0 Å². The Morgan fingerprint density at radius 2 is 1.95 bits per heavy atom. The molecule has 0 unspecified atom stereocenters. The van der Waals surface area contributed by atoms with Crippen LogP contribution in [-0.4, -0.2) is 9.55 Å². The van der Waals surface area contributed by atoms with E-state index in [1.54, 1.807) is 24.0 Å². The van der Waals surface area contributed by atoms with Crippen LogP contribution in [0.1, 0.15) is 25.3 Å². The van der Waals surface area contributed by atoms with Gasteiger partial charge < -0.3 is 4.57 Å². The van der Waals surface area contributed by atoms with Gasteiger partial charge in [-0.25, -0.2) is 0 Å². The second-order valence-electron chi connectivity index (χ2n) is 5.77. The highest BCUT2D eigenvalue weighted by molar-refractivity contribution is 6.31. The van der Waals surface area contributed by atoms with Crippen molar-refractivity contribution >= 4 is 22.4 Å². The second kappa shape index (κ2) is 5.58. The van der Waals surface area contributed by atoms with E-state index in [4.69, 9.17) is 11.6 Å². The number of aromatic nitrogens is 2. The first-order valence-electron chi connectivity index (χ1n) is 7.22. The zero-order valence-corrected chi connectivity index (χ0v) is 13.6. The number of nitrogens with zero attached hydrogens (tertiary/aromatic N) is 2. The van der Waals surface area contributed by atoms with Crippen LogP contribution in [-0.2, 0) is 7.05 Å². The fraction of sp³-hybridized carbons (Fsp3) is 0.222. The highest BCUT2D eigenvalue weighted by atomic mass is 35.5. The molecule has 0 atom stereocenters. The van der Waals surface area contributed by atoms with Gasteiger partial charge in [-0.1, -0.05) is 37.6 Å². The van der Waals surface area contributed by atoms with Crippen molar-refractivity contribution in [3.05, 3.63) is 63.8 Å². The van der Waals surface area contributed by atoms with Gasteiger partial charge in [-0.05, 0) is 34.6 Å². The molecule has 0 saturated carbocycles. The van der Waals surface area contributed by atoms with Gasteiger partial charge >= 0.3 is 0 Å². The lowest BCUT2D eigenvalue weighted by atomic mass is 9.97. The van der Waals surface area contributed by atoms with Crippen molar-refractivity contribution in [3.8, 4) is 11.1 Å². The molecule has 112 valence electrons. The molecular formula is C18H17ClN2O. The largest absolute Gasteiger partial charge is 0.317 e. The van der Waals surface area contributed by atoms with E-state index in [-0.39, 0.29) is 5.56 Å². The Morgan fingerprint density at radius 3 is 2.64 bits per heavy atom. The van der Waals surface area contributed by atoms with Gasteiger partial charge in [-0.3, -0.25) is 9.78 Å². The summed E-state index contributed by atoms with van der Waals surface area (Å²) in [5, 5.41) is 2.27. The van der Waals surface area contributed by atoms with Crippen LogP contribution in [0.25, 0.3) is 21.9 Å². The summed E-state index contributed by atoms with van der Waals surface area (Å²) in [5.41, 5.74) is 3.07. The lowest BCUT2D eigenvalue weighted by Crippen LogP contribution is -2.16. The minimum Gasteiger partial charge on any atom is -0.317 e.